The van der Waals surface area contributed by atoms with Crippen LogP contribution >= 0.6 is 0 Å². The second-order valence-corrected chi connectivity index (χ2v) is 8.64. The number of carbonyl (C=O) groups is 1. The van der Waals surface area contributed by atoms with E-state index >= 15 is 0 Å². The van der Waals surface area contributed by atoms with Gasteiger partial charge in [-0.05, 0) is 50.6 Å². The third-order valence-corrected chi connectivity index (χ3v) is 6.26. The molecular weight excluding hydrogens is 414 g/mol. The standard InChI is InChI=1S/C23H25N3O4S/c1-4-29-20-11-10-16(12-21(20)30-5-2)23(27)24-22-17-13-31(28)14-18(17)25-26(22)19-9-7-6-8-15(19)3/h6-12H,4-5,13-14H2,1-3H3,(H,24,27)/t31-/m0/s1. The summed E-state index contributed by atoms with van der Waals surface area (Å²) in [7, 11) is -1.00. The Bertz CT molecular complexity index is 1160. The molecule has 8 heteroatoms. The van der Waals surface area contributed by atoms with Gasteiger partial charge in [-0.15, -0.1) is 0 Å². The first kappa shape index (κ1) is 21.1. The van der Waals surface area contributed by atoms with Crippen molar-refractivity contribution in [2.45, 2.75) is 32.3 Å². The summed E-state index contributed by atoms with van der Waals surface area (Å²) in [6.45, 7) is 6.74. The number of fused-ring (bicyclic) bond motifs is 1. The largest absolute Gasteiger partial charge is 0.490 e. The van der Waals surface area contributed by atoms with Gasteiger partial charge in [0, 0.05) is 21.9 Å². The van der Waals surface area contributed by atoms with Crippen LogP contribution in [0.15, 0.2) is 42.5 Å². The Morgan fingerprint density at radius 3 is 2.58 bits per heavy atom. The number of amides is 1. The van der Waals surface area contributed by atoms with E-state index in [4.69, 9.17) is 9.47 Å². The average Bonchev–Trinajstić information content (AvgIpc) is 3.27. The van der Waals surface area contributed by atoms with E-state index in [9.17, 15) is 9.00 Å². The Balaban J connectivity index is 1.71. The van der Waals surface area contributed by atoms with Crippen LogP contribution in [-0.2, 0) is 22.3 Å². The van der Waals surface area contributed by atoms with E-state index < -0.39 is 10.8 Å². The van der Waals surface area contributed by atoms with Crippen LogP contribution < -0.4 is 14.8 Å². The van der Waals surface area contributed by atoms with Gasteiger partial charge < -0.3 is 14.8 Å². The van der Waals surface area contributed by atoms with Crippen molar-refractivity contribution in [3.05, 3.63) is 64.8 Å². The van der Waals surface area contributed by atoms with Crippen LogP contribution in [0.4, 0.5) is 5.82 Å². The van der Waals surface area contributed by atoms with Gasteiger partial charge in [-0.25, -0.2) is 4.68 Å². The summed E-state index contributed by atoms with van der Waals surface area (Å²) in [4.78, 5) is 13.2. The van der Waals surface area contributed by atoms with E-state index in [-0.39, 0.29) is 5.91 Å². The van der Waals surface area contributed by atoms with E-state index in [0.29, 0.717) is 47.6 Å². The molecule has 31 heavy (non-hydrogen) atoms. The molecule has 0 aliphatic carbocycles. The lowest BCUT2D eigenvalue weighted by molar-refractivity contribution is 0.102. The topological polar surface area (TPSA) is 82.5 Å². The van der Waals surface area contributed by atoms with Crippen LogP contribution in [0.3, 0.4) is 0 Å². The number of hydrogen-bond acceptors (Lipinski definition) is 5. The average molecular weight is 440 g/mol. The zero-order chi connectivity index (χ0) is 22.0. The lowest BCUT2D eigenvalue weighted by atomic mass is 10.1. The van der Waals surface area contributed by atoms with E-state index in [1.807, 2.05) is 45.0 Å². The second-order valence-electron chi connectivity index (χ2n) is 7.18. The number of benzene rings is 2. The van der Waals surface area contributed by atoms with E-state index in [1.54, 1.807) is 22.9 Å². The van der Waals surface area contributed by atoms with Crippen molar-refractivity contribution >= 4 is 22.5 Å². The molecule has 0 spiro atoms. The molecule has 0 unspecified atom stereocenters. The van der Waals surface area contributed by atoms with E-state index in [0.717, 1.165) is 22.5 Å². The molecule has 2 heterocycles. The molecule has 0 saturated heterocycles. The number of anilines is 1. The fraction of sp³-hybridized carbons (Fsp3) is 0.304. The molecule has 0 fully saturated rings. The number of rotatable bonds is 7. The molecule has 2 aromatic carbocycles. The quantitative estimate of drug-likeness (QED) is 0.602. The SMILES string of the molecule is CCOc1ccc(C(=O)Nc2c3c(nn2-c2ccccc2C)C[S@@](=O)C3)cc1OCC. The van der Waals surface area contributed by atoms with Crippen molar-refractivity contribution < 1.29 is 18.5 Å². The third kappa shape index (κ3) is 4.20. The number of ether oxygens (including phenoxy) is 2. The number of hydrogen-bond donors (Lipinski definition) is 1. The fourth-order valence-corrected chi connectivity index (χ4v) is 4.87. The molecule has 0 bridgehead atoms. The number of aryl methyl sites for hydroxylation is 1. The molecule has 1 aliphatic heterocycles. The minimum Gasteiger partial charge on any atom is -0.490 e. The zero-order valence-electron chi connectivity index (χ0n) is 17.8. The van der Waals surface area contributed by atoms with Crippen molar-refractivity contribution in [3.63, 3.8) is 0 Å². The Morgan fingerprint density at radius 2 is 1.84 bits per heavy atom. The van der Waals surface area contributed by atoms with Crippen LogP contribution in [0.2, 0.25) is 0 Å². The molecule has 7 nitrogen and oxygen atoms in total. The van der Waals surface area contributed by atoms with Crippen molar-refractivity contribution in [2.24, 2.45) is 0 Å². The molecule has 4 rings (SSSR count). The van der Waals surface area contributed by atoms with Gasteiger partial charge in [-0.3, -0.25) is 9.00 Å². The summed E-state index contributed by atoms with van der Waals surface area (Å²) in [5.41, 5.74) is 3.93. The highest BCUT2D eigenvalue weighted by Gasteiger charge is 2.29. The van der Waals surface area contributed by atoms with Crippen molar-refractivity contribution in [2.75, 3.05) is 18.5 Å². The molecule has 1 aromatic heterocycles. The van der Waals surface area contributed by atoms with Gasteiger partial charge in [0.25, 0.3) is 5.91 Å². The first-order valence-electron chi connectivity index (χ1n) is 10.2. The smallest absolute Gasteiger partial charge is 0.256 e. The predicted octanol–water partition coefficient (Wildman–Crippen LogP) is 3.99. The van der Waals surface area contributed by atoms with Crippen LogP contribution in [-0.4, -0.2) is 33.1 Å². The summed E-state index contributed by atoms with van der Waals surface area (Å²) in [6, 6.07) is 13.0. The molecule has 3 aromatic rings. The molecule has 162 valence electrons. The predicted molar refractivity (Wildman–Crippen MR) is 121 cm³/mol. The van der Waals surface area contributed by atoms with Crippen molar-refractivity contribution in [1.29, 1.82) is 0 Å². The number of nitrogens with one attached hydrogen (secondary N) is 1. The van der Waals surface area contributed by atoms with Crippen LogP contribution in [0.25, 0.3) is 5.69 Å². The van der Waals surface area contributed by atoms with E-state index in [2.05, 4.69) is 10.4 Å². The Morgan fingerprint density at radius 1 is 1.10 bits per heavy atom. The lowest BCUT2D eigenvalue weighted by Crippen LogP contribution is -2.17. The maximum atomic E-state index is 13.2. The van der Waals surface area contributed by atoms with Gasteiger partial charge >= 0.3 is 0 Å². The number of nitrogens with zero attached hydrogens (tertiary/aromatic N) is 2. The fourth-order valence-electron chi connectivity index (χ4n) is 3.60. The van der Waals surface area contributed by atoms with Gasteiger partial charge in [-0.1, -0.05) is 18.2 Å². The van der Waals surface area contributed by atoms with Crippen LogP contribution in [0, 0.1) is 6.92 Å². The molecule has 1 atom stereocenters. The minimum absolute atomic E-state index is 0.292. The second kappa shape index (κ2) is 8.93. The van der Waals surface area contributed by atoms with Crippen molar-refractivity contribution in [1.82, 2.24) is 9.78 Å². The zero-order valence-corrected chi connectivity index (χ0v) is 18.6. The highest BCUT2D eigenvalue weighted by atomic mass is 32.2. The summed E-state index contributed by atoms with van der Waals surface area (Å²) in [5, 5.41) is 7.67. The number of aromatic nitrogens is 2. The van der Waals surface area contributed by atoms with Gasteiger partial charge in [0.2, 0.25) is 0 Å². The summed E-state index contributed by atoms with van der Waals surface area (Å²) >= 11 is 0. The first-order chi connectivity index (χ1) is 15.0. The molecule has 1 amide bonds. The Kier molecular flexibility index (Phi) is 6.08. The summed E-state index contributed by atoms with van der Waals surface area (Å²) in [6.07, 6.45) is 0. The molecular formula is C23H25N3O4S. The van der Waals surface area contributed by atoms with Crippen LogP contribution in [0.5, 0.6) is 11.5 Å². The number of carbonyl (C=O) groups excluding carboxylic acids is 1. The Labute approximate surface area is 183 Å². The normalized spacial score (nSPS) is 14.9. The first-order valence-corrected chi connectivity index (χ1v) is 11.7. The maximum Gasteiger partial charge on any atom is 0.256 e. The van der Waals surface area contributed by atoms with Crippen LogP contribution in [0.1, 0.15) is 41.0 Å². The third-order valence-electron chi connectivity index (χ3n) is 5.05. The molecule has 1 aliphatic rings. The molecule has 0 radical (unpaired) electrons. The van der Waals surface area contributed by atoms with Crippen molar-refractivity contribution in [3.8, 4) is 17.2 Å². The Hall–Kier alpha value is -3.13. The van der Waals surface area contributed by atoms with E-state index in [1.165, 1.54) is 0 Å². The van der Waals surface area contributed by atoms with Gasteiger partial charge in [0.05, 0.1) is 36.1 Å². The van der Waals surface area contributed by atoms with Gasteiger partial charge in [-0.2, -0.15) is 5.10 Å². The van der Waals surface area contributed by atoms with Gasteiger partial charge in [0.1, 0.15) is 5.82 Å². The highest BCUT2D eigenvalue weighted by Crippen LogP contribution is 2.33. The minimum atomic E-state index is -1.00. The highest BCUT2D eigenvalue weighted by molar-refractivity contribution is 7.83. The lowest BCUT2D eigenvalue weighted by Gasteiger charge is -2.14. The summed E-state index contributed by atoms with van der Waals surface area (Å²) < 4.78 is 25.1. The number of para-hydroxylation sites is 1. The summed E-state index contributed by atoms with van der Waals surface area (Å²) in [5.74, 6) is 2.17. The monoisotopic (exact) mass is 439 g/mol. The van der Waals surface area contributed by atoms with Gasteiger partial charge in [0.15, 0.2) is 11.5 Å². The molecule has 1 N–H and O–H groups in total. The molecule has 0 saturated carbocycles. The maximum absolute atomic E-state index is 13.2.